The minimum absolute atomic E-state index is 0.00444. The van der Waals surface area contributed by atoms with Gasteiger partial charge < -0.3 is 25.0 Å². The molecule has 1 aliphatic heterocycles. The molecule has 1 aromatic rings. The van der Waals surface area contributed by atoms with Crippen LogP contribution in [0.3, 0.4) is 0 Å². The van der Waals surface area contributed by atoms with Crippen LogP contribution in [0.5, 0.6) is 5.75 Å². The average Bonchev–Trinajstić information content (AvgIpc) is 2.95. The molecule has 26 heavy (non-hydrogen) atoms. The quantitative estimate of drug-likeness (QED) is 0.660. The summed E-state index contributed by atoms with van der Waals surface area (Å²) in [7, 11) is 0. The molecule has 1 fully saturated rings. The Hall–Kier alpha value is -2.28. The first-order valence-corrected chi connectivity index (χ1v) is 9.18. The lowest BCUT2D eigenvalue weighted by atomic mass is 10.2. The third-order valence-electron chi connectivity index (χ3n) is 3.98. The third kappa shape index (κ3) is 6.22. The number of nitrogens with zero attached hydrogens (tertiary/aromatic N) is 1. The molecule has 0 spiro atoms. The summed E-state index contributed by atoms with van der Waals surface area (Å²) in [5, 5.41) is 5.66. The fraction of sp³-hybridized carbons (Fsp3) is 0.579. The number of nitrogens with one attached hydrogen (secondary N) is 2. The van der Waals surface area contributed by atoms with Crippen LogP contribution in [0.1, 0.15) is 33.6 Å². The van der Waals surface area contributed by atoms with Gasteiger partial charge >= 0.3 is 6.03 Å². The predicted molar refractivity (Wildman–Crippen MR) is 101 cm³/mol. The first-order chi connectivity index (χ1) is 12.5. The molecule has 144 valence electrons. The second-order valence-electron chi connectivity index (χ2n) is 6.51. The van der Waals surface area contributed by atoms with Crippen molar-refractivity contribution in [1.29, 1.82) is 0 Å². The number of amides is 3. The summed E-state index contributed by atoms with van der Waals surface area (Å²) in [5.74, 6) is 0.781. The number of hydrogen-bond donors (Lipinski definition) is 2. The molecular weight excluding hydrogens is 334 g/mol. The summed E-state index contributed by atoms with van der Waals surface area (Å²) in [6, 6.07) is 6.97. The molecule has 1 heterocycles. The minimum Gasteiger partial charge on any atom is -0.494 e. The summed E-state index contributed by atoms with van der Waals surface area (Å²) in [5.41, 5.74) is 0.814. The van der Waals surface area contributed by atoms with Gasteiger partial charge in [0.05, 0.1) is 18.8 Å². The highest BCUT2D eigenvalue weighted by atomic mass is 16.5. The van der Waals surface area contributed by atoms with Crippen LogP contribution in [0.4, 0.5) is 10.5 Å². The van der Waals surface area contributed by atoms with Gasteiger partial charge in [-0.1, -0.05) is 0 Å². The van der Waals surface area contributed by atoms with Crippen molar-refractivity contribution in [2.75, 3.05) is 31.2 Å². The highest BCUT2D eigenvalue weighted by molar-refractivity contribution is 5.96. The van der Waals surface area contributed by atoms with E-state index in [-0.39, 0.29) is 24.1 Å². The Labute approximate surface area is 155 Å². The van der Waals surface area contributed by atoms with Crippen LogP contribution in [0.25, 0.3) is 0 Å². The maximum atomic E-state index is 12.2. The number of benzene rings is 1. The zero-order valence-electron chi connectivity index (χ0n) is 15.8. The predicted octanol–water partition coefficient (Wildman–Crippen LogP) is 2.30. The summed E-state index contributed by atoms with van der Waals surface area (Å²) < 4.78 is 10.8. The summed E-state index contributed by atoms with van der Waals surface area (Å²) >= 11 is 0. The Balaban J connectivity index is 1.75. The van der Waals surface area contributed by atoms with Crippen molar-refractivity contribution in [2.45, 2.75) is 45.8 Å². The Morgan fingerprint density at radius 2 is 2.04 bits per heavy atom. The molecule has 3 amide bonds. The van der Waals surface area contributed by atoms with Crippen LogP contribution in [-0.4, -0.2) is 50.4 Å². The second-order valence-corrected chi connectivity index (χ2v) is 6.51. The van der Waals surface area contributed by atoms with Crippen molar-refractivity contribution < 1.29 is 19.1 Å². The molecule has 2 N–H and O–H groups in total. The maximum absolute atomic E-state index is 12.2. The van der Waals surface area contributed by atoms with Gasteiger partial charge in [0.2, 0.25) is 5.91 Å². The fourth-order valence-corrected chi connectivity index (χ4v) is 2.77. The topological polar surface area (TPSA) is 79.9 Å². The molecule has 1 aromatic carbocycles. The fourth-order valence-electron chi connectivity index (χ4n) is 2.77. The molecule has 7 nitrogen and oxygen atoms in total. The van der Waals surface area contributed by atoms with Gasteiger partial charge in [-0.25, -0.2) is 4.79 Å². The van der Waals surface area contributed by atoms with Gasteiger partial charge in [-0.15, -0.1) is 0 Å². The third-order valence-corrected chi connectivity index (χ3v) is 3.98. The van der Waals surface area contributed by atoms with Crippen molar-refractivity contribution in [3.05, 3.63) is 24.3 Å². The van der Waals surface area contributed by atoms with Crippen molar-refractivity contribution in [1.82, 2.24) is 10.6 Å². The smallest absolute Gasteiger partial charge is 0.315 e. The Morgan fingerprint density at radius 1 is 1.31 bits per heavy atom. The van der Waals surface area contributed by atoms with Crippen LogP contribution in [0.2, 0.25) is 0 Å². The van der Waals surface area contributed by atoms with E-state index in [1.807, 2.05) is 45.0 Å². The van der Waals surface area contributed by atoms with Crippen LogP contribution in [0.15, 0.2) is 24.3 Å². The van der Waals surface area contributed by atoms with E-state index in [1.165, 1.54) is 0 Å². The van der Waals surface area contributed by atoms with Gasteiger partial charge in [0.1, 0.15) is 5.75 Å². The van der Waals surface area contributed by atoms with Gasteiger partial charge in [-0.3, -0.25) is 4.79 Å². The Kier molecular flexibility index (Phi) is 7.72. The van der Waals surface area contributed by atoms with Crippen LogP contribution >= 0.6 is 0 Å². The molecule has 2 rings (SSSR count). The van der Waals surface area contributed by atoms with E-state index in [9.17, 15) is 9.59 Å². The largest absolute Gasteiger partial charge is 0.494 e. The normalized spacial score (nSPS) is 16.8. The SMILES string of the molecule is CCOc1ccc(N2C[C@@H](NC(=O)NCCCOC(C)C)CC2=O)cc1. The zero-order valence-corrected chi connectivity index (χ0v) is 15.8. The van der Waals surface area contributed by atoms with E-state index >= 15 is 0 Å². The molecule has 1 atom stereocenters. The van der Waals surface area contributed by atoms with Crippen LogP contribution in [-0.2, 0) is 9.53 Å². The van der Waals surface area contributed by atoms with Crippen LogP contribution < -0.4 is 20.3 Å². The number of urea groups is 1. The lowest BCUT2D eigenvalue weighted by molar-refractivity contribution is -0.117. The van der Waals surface area contributed by atoms with E-state index in [1.54, 1.807) is 4.90 Å². The maximum Gasteiger partial charge on any atom is 0.315 e. The van der Waals surface area contributed by atoms with Crippen molar-refractivity contribution in [2.24, 2.45) is 0 Å². The molecule has 1 saturated heterocycles. The van der Waals surface area contributed by atoms with Gasteiger partial charge in [0.15, 0.2) is 0 Å². The molecule has 7 heteroatoms. The van der Waals surface area contributed by atoms with Crippen LogP contribution in [0, 0.1) is 0 Å². The van der Waals surface area contributed by atoms with Gasteiger partial charge in [0.25, 0.3) is 0 Å². The van der Waals surface area contributed by atoms with E-state index < -0.39 is 0 Å². The molecular formula is C19H29N3O4. The number of carbonyl (C=O) groups is 2. The van der Waals surface area contributed by atoms with Crippen molar-refractivity contribution >= 4 is 17.6 Å². The highest BCUT2D eigenvalue weighted by Gasteiger charge is 2.31. The number of ether oxygens (including phenoxy) is 2. The van der Waals surface area contributed by atoms with E-state index in [0.717, 1.165) is 17.9 Å². The number of anilines is 1. The number of carbonyl (C=O) groups excluding carboxylic acids is 2. The summed E-state index contributed by atoms with van der Waals surface area (Å²) in [6.07, 6.45) is 1.26. The molecule has 0 unspecified atom stereocenters. The molecule has 0 saturated carbocycles. The average molecular weight is 363 g/mol. The van der Waals surface area contributed by atoms with E-state index in [4.69, 9.17) is 9.47 Å². The molecule has 0 radical (unpaired) electrons. The van der Waals surface area contributed by atoms with E-state index in [2.05, 4.69) is 10.6 Å². The summed E-state index contributed by atoms with van der Waals surface area (Å²) in [4.78, 5) is 25.9. The lowest BCUT2D eigenvalue weighted by Gasteiger charge is -2.18. The van der Waals surface area contributed by atoms with E-state index in [0.29, 0.717) is 32.7 Å². The van der Waals surface area contributed by atoms with Crippen molar-refractivity contribution in [3.8, 4) is 5.75 Å². The zero-order chi connectivity index (χ0) is 18.9. The number of rotatable bonds is 9. The van der Waals surface area contributed by atoms with Gasteiger partial charge in [-0.05, 0) is 51.5 Å². The van der Waals surface area contributed by atoms with Gasteiger partial charge in [0, 0.05) is 31.8 Å². The minimum atomic E-state index is -0.249. The molecule has 0 aromatic heterocycles. The number of hydrogen-bond acceptors (Lipinski definition) is 4. The first kappa shape index (κ1) is 20.0. The first-order valence-electron chi connectivity index (χ1n) is 9.18. The Bertz CT molecular complexity index is 589. The molecule has 1 aliphatic rings. The molecule has 0 bridgehead atoms. The Morgan fingerprint density at radius 3 is 2.69 bits per heavy atom. The lowest BCUT2D eigenvalue weighted by Crippen LogP contribution is -2.43. The molecule has 0 aliphatic carbocycles. The van der Waals surface area contributed by atoms with Gasteiger partial charge in [-0.2, -0.15) is 0 Å². The highest BCUT2D eigenvalue weighted by Crippen LogP contribution is 2.24. The standard InChI is InChI=1S/C19H29N3O4/c1-4-25-17-8-6-16(7-9-17)22-13-15(12-18(22)23)21-19(24)20-10-5-11-26-14(2)3/h6-9,14-15H,4-5,10-13H2,1-3H3,(H2,20,21,24)/t15-/m0/s1. The second kappa shape index (κ2) is 10.0. The monoisotopic (exact) mass is 363 g/mol. The summed E-state index contributed by atoms with van der Waals surface area (Å²) in [6.45, 7) is 8.12. The van der Waals surface area contributed by atoms with Crippen molar-refractivity contribution in [3.63, 3.8) is 0 Å².